The second-order valence-corrected chi connectivity index (χ2v) is 4.85. The molecule has 0 aromatic heterocycles. The van der Waals surface area contributed by atoms with Crippen LogP contribution in [0.4, 0.5) is 0 Å². The third-order valence-electron chi connectivity index (χ3n) is 2.90. The predicted octanol–water partition coefficient (Wildman–Crippen LogP) is 1.18. The molecule has 0 heterocycles. The molecule has 0 spiro atoms. The monoisotopic (exact) mass is 252 g/mol. The predicted molar refractivity (Wildman–Crippen MR) is 73.8 cm³/mol. The molecule has 0 atom stereocenters. The smallest absolute Gasteiger partial charge is 0.123 e. The molecular formula is C14H24N2O2. The molecule has 0 aliphatic rings. The topological polar surface area (TPSA) is 35.9 Å². The van der Waals surface area contributed by atoms with Gasteiger partial charge in [0.15, 0.2) is 0 Å². The Morgan fingerprint density at radius 3 is 2.44 bits per heavy atom. The highest BCUT2D eigenvalue weighted by molar-refractivity contribution is 5.37. The van der Waals surface area contributed by atoms with Gasteiger partial charge < -0.3 is 19.6 Å². The lowest BCUT2D eigenvalue weighted by molar-refractivity contribution is 0.270. The largest absolute Gasteiger partial charge is 0.496 e. The first-order valence-electron chi connectivity index (χ1n) is 6.16. The van der Waals surface area contributed by atoms with Crippen molar-refractivity contribution in [2.24, 2.45) is 0 Å². The minimum Gasteiger partial charge on any atom is -0.496 e. The van der Waals surface area contributed by atoms with Gasteiger partial charge in [-0.15, -0.1) is 0 Å². The average Bonchev–Trinajstić information content (AvgIpc) is 2.36. The fourth-order valence-corrected chi connectivity index (χ4v) is 1.79. The van der Waals surface area contributed by atoms with Crippen LogP contribution in [-0.4, -0.2) is 56.2 Å². The Kier molecular flexibility index (Phi) is 6.12. The van der Waals surface area contributed by atoms with Gasteiger partial charge in [0.05, 0.1) is 13.7 Å². The van der Waals surface area contributed by atoms with Crippen LogP contribution in [0.25, 0.3) is 0 Å². The number of likely N-dealkylation sites (N-methyl/N-ethyl adjacent to an activating group) is 2. The van der Waals surface area contributed by atoms with Gasteiger partial charge in [0.25, 0.3) is 0 Å². The zero-order valence-corrected chi connectivity index (χ0v) is 11.8. The highest BCUT2D eigenvalue weighted by Gasteiger charge is 2.07. The summed E-state index contributed by atoms with van der Waals surface area (Å²) in [6.45, 7) is 2.92. The summed E-state index contributed by atoms with van der Waals surface area (Å²) in [6, 6.07) is 5.81. The van der Waals surface area contributed by atoms with Gasteiger partial charge in [0.2, 0.25) is 0 Å². The van der Waals surface area contributed by atoms with E-state index < -0.39 is 0 Å². The zero-order chi connectivity index (χ0) is 13.5. The van der Waals surface area contributed by atoms with E-state index in [1.165, 1.54) is 0 Å². The van der Waals surface area contributed by atoms with E-state index >= 15 is 0 Å². The van der Waals surface area contributed by atoms with Crippen molar-refractivity contribution in [1.29, 1.82) is 0 Å². The molecule has 1 aromatic carbocycles. The lowest BCUT2D eigenvalue weighted by Gasteiger charge is -2.20. The number of benzene rings is 1. The Hall–Kier alpha value is -1.10. The van der Waals surface area contributed by atoms with E-state index in [4.69, 9.17) is 4.74 Å². The van der Waals surface area contributed by atoms with Crippen molar-refractivity contribution < 1.29 is 9.84 Å². The first-order chi connectivity index (χ1) is 8.56. The molecule has 0 saturated carbocycles. The second kappa shape index (κ2) is 7.36. The van der Waals surface area contributed by atoms with Crippen LogP contribution in [0.1, 0.15) is 11.1 Å². The first kappa shape index (κ1) is 15.0. The van der Waals surface area contributed by atoms with Gasteiger partial charge in [0.1, 0.15) is 5.75 Å². The zero-order valence-electron chi connectivity index (χ0n) is 11.8. The molecule has 4 heteroatoms. The molecule has 0 amide bonds. The molecule has 0 saturated heterocycles. The summed E-state index contributed by atoms with van der Waals surface area (Å²) in [4.78, 5) is 4.41. The van der Waals surface area contributed by atoms with Gasteiger partial charge in [-0.05, 0) is 38.8 Å². The fraction of sp³-hybridized carbons (Fsp3) is 0.571. The maximum absolute atomic E-state index is 9.17. The van der Waals surface area contributed by atoms with Crippen LogP contribution in [0.3, 0.4) is 0 Å². The van der Waals surface area contributed by atoms with Crippen molar-refractivity contribution in [3.63, 3.8) is 0 Å². The molecule has 1 aromatic rings. The van der Waals surface area contributed by atoms with Crippen LogP contribution in [0.2, 0.25) is 0 Å². The van der Waals surface area contributed by atoms with Crippen LogP contribution < -0.4 is 4.74 Å². The van der Waals surface area contributed by atoms with Gasteiger partial charge >= 0.3 is 0 Å². The number of nitrogens with zero attached hydrogens (tertiary/aromatic N) is 2. The Bertz CT molecular complexity index is 367. The number of ether oxygens (including phenoxy) is 1. The van der Waals surface area contributed by atoms with Gasteiger partial charge in [-0.1, -0.05) is 6.07 Å². The molecule has 0 radical (unpaired) electrons. The number of methoxy groups -OCH3 is 1. The van der Waals surface area contributed by atoms with Crippen molar-refractivity contribution in [2.45, 2.75) is 13.2 Å². The summed E-state index contributed by atoms with van der Waals surface area (Å²) in [7, 11) is 7.91. The van der Waals surface area contributed by atoms with Crippen LogP contribution in [0.5, 0.6) is 5.75 Å². The quantitative estimate of drug-likeness (QED) is 0.790. The SMILES string of the molecule is COc1ccc(CO)cc1CN(C)CCN(C)C. The van der Waals surface area contributed by atoms with Crippen molar-refractivity contribution in [2.75, 3.05) is 41.3 Å². The molecule has 0 fully saturated rings. The third-order valence-corrected chi connectivity index (χ3v) is 2.90. The molecule has 0 unspecified atom stereocenters. The highest BCUT2D eigenvalue weighted by Crippen LogP contribution is 2.21. The second-order valence-electron chi connectivity index (χ2n) is 4.85. The van der Waals surface area contributed by atoms with E-state index in [-0.39, 0.29) is 6.61 Å². The minimum atomic E-state index is 0.0679. The summed E-state index contributed by atoms with van der Waals surface area (Å²) in [5, 5.41) is 9.17. The van der Waals surface area contributed by atoms with Gasteiger partial charge in [-0.2, -0.15) is 0 Å². The number of rotatable bonds is 7. The molecule has 0 aliphatic carbocycles. The van der Waals surface area contributed by atoms with Crippen LogP contribution in [0.15, 0.2) is 18.2 Å². The molecule has 102 valence electrons. The minimum absolute atomic E-state index is 0.0679. The lowest BCUT2D eigenvalue weighted by Crippen LogP contribution is -2.28. The van der Waals surface area contributed by atoms with Gasteiger partial charge in [-0.25, -0.2) is 0 Å². The number of aliphatic hydroxyl groups excluding tert-OH is 1. The molecule has 18 heavy (non-hydrogen) atoms. The number of aliphatic hydroxyl groups is 1. The summed E-state index contributed by atoms with van der Waals surface area (Å²) in [6.07, 6.45) is 0. The Balaban J connectivity index is 2.69. The normalized spacial score (nSPS) is 11.3. The molecule has 1 N–H and O–H groups in total. The summed E-state index contributed by atoms with van der Waals surface area (Å²) < 4.78 is 5.35. The van der Waals surface area contributed by atoms with Gasteiger partial charge in [0, 0.05) is 25.2 Å². The standard InChI is InChI=1S/C14H24N2O2/c1-15(2)7-8-16(3)10-13-9-12(11-17)5-6-14(13)18-4/h5-6,9,17H,7-8,10-11H2,1-4H3. The molecule has 0 bridgehead atoms. The average molecular weight is 252 g/mol. The van der Waals surface area contributed by atoms with E-state index in [1.807, 2.05) is 18.2 Å². The summed E-state index contributed by atoms with van der Waals surface area (Å²) in [5.41, 5.74) is 2.04. The van der Waals surface area contributed by atoms with Crippen LogP contribution in [-0.2, 0) is 13.2 Å². The fourth-order valence-electron chi connectivity index (χ4n) is 1.79. The Morgan fingerprint density at radius 1 is 1.17 bits per heavy atom. The van der Waals surface area contributed by atoms with Crippen molar-refractivity contribution in [1.82, 2.24) is 9.80 Å². The van der Waals surface area contributed by atoms with Crippen molar-refractivity contribution in [3.05, 3.63) is 29.3 Å². The van der Waals surface area contributed by atoms with E-state index in [0.29, 0.717) is 0 Å². The molecular weight excluding hydrogens is 228 g/mol. The lowest BCUT2D eigenvalue weighted by atomic mass is 10.1. The molecule has 4 nitrogen and oxygen atoms in total. The van der Waals surface area contributed by atoms with E-state index in [9.17, 15) is 5.11 Å². The van der Waals surface area contributed by atoms with E-state index in [2.05, 4.69) is 30.9 Å². The van der Waals surface area contributed by atoms with Gasteiger partial charge in [-0.3, -0.25) is 0 Å². The Morgan fingerprint density at radius 2 is 1.89 bits per heavy atom. The number of hydrogen-bond donors (Lipinski definition) is 1. The Labute approximate surface area is 110 Å². The maximum Gasteiger partial charge on any atom is 0.123 e. The number of hydrogen-bond acceptors (Lipinski definition) is 4. The van der Waals surface area contributed by atoms with Crippen LogP contribution in [0, 0.1) is 0 Å². The van der Waals surface area contributed by atoms with E-state index in [0.717, 1.165) is 36.5 Å². The van der Waals surface area contributed by atoms with E-state index in [1.54, 1.807) is 7.11 Å². The maximum atomic E-state index is 9.17. The summed E-state index contributed by atoms with van der Waals surface area (Å²) in [5.74, 6) is 0.879. The third kappa shape index (κ3) is 4.64. The van der Waals surface area contributed by atoms with Crippen LogP contribution >= 0.6 is 0 Å². The molecule has 1 rings (SSSR count). The van der Waals surface area contributed by atoms with Crippen molar-refractivity contribution >= 4 is 0 Å². The molecule has 0 aliphatic heterocycles. The van der Waals surface area contributed by atoms with Crippen molar-refractivity contribution in [3.8, 4) is 5.75 Å². The first-order valence-corrected chi connectivity index (χ1v) is 6.16. The highest BCUT2D eigenvalue weighted by atomic mass is 16.5. The summed E-state index contributed by atoms with van der Waals surface area (Å²) >= 11 is 0.